The first-order chi connectivity index (χ1) is 7.03. The molecule has 2 heteroatoms. The Bertz CT molecular complexity index is 239. The van der Waals surface area contributed by atoms with Crippen LogP contribution in [0.2, 0.25) is 0 Å². The van der Waals surface area contributed by atoms with Crippen LogP contribution in [0.15, 0.2) is 0 Å². The maximum Gasteiger partial charge on any atom is 0.0672 e. The van der Waals surface area contributed by atoms with Crippen molar-refractivity contribution in [2.75, 3.05) is 7.05 Å². The van der Waals surface area contributed by atoms with Crippen molar-refractivity contribution in [3.8, 4) is 6.07 Å². The molecule has 0 N–H and O–H groups in total. The Morgan fingerprint density at radius 2 is 1.93 bits per heavy atom. The van der Waals surface area contributed by atoms with E-state index in [1.54, 1.807) is 0 Å². The molecule has 0 bridgehead atoms. The summed E-state index contributed by atoms with van der Waals surface area (Å²) in [4.78, 5) is 2.43. The Kier molecular flexibility index (Phi) is 4.16. The van der Waals surface area contributed by atoms with Gasteiger partial charge < -0.3 is 0 Å². The smallest absolute Gasteiger partial charge is 0.0672 e. The molecule has 1 saturated carbocycles. The molecule has 2 nitrogen and oxygen atoms in total. The van der Waals surface area contributed by atoms with E-state index in [4.69, 9.17) is 0 Å². The predicted octanol–water partition coefficient (Wildman–Crippen LogP) is 3.19. The first-order valence-corrected chi connectivity index (χ1v) is 6.15. The molecule has 2 unspecified atom stereocenters. The molecule has 0 heterocycles. The van der Waals surface area contributed by atoms with Crippen molar-refractivity contribution in [3.05, 3.63) is 0 Å². The lowest BCUT2D eigenvalue weighted by Gasteiger charge is -2.44. The molecule has 0 aromatic carbocycles. The minimum absolute atomic E-state index is 0.219. The van der Waals surface area contributed by atoms with Crippen LogP contribution >= 0.6 is 0 Å². The van der Waals surface area contributed by atoms with Gasteiger partial charge in [0.1, 0.15) is 0 Å². The Labute approximate surface area is 94.3 Å². The van der Waals surface area contributed by atoms with E-state index in [9.17, 15) is 5.26 Å². The second-order valence-corrected chi connectivity index (χ2v) is 5.36. The third-order valence-corrected chi connectivity index (χ3v) is 4.21. The summed E-state index contributed by atoms with van der Waals surface area (Å²) >= 11 is 0. The first-order valence-electron chi connectivity index (χ1n) is 6.15. The second-order valence-electron chi connectivity index (χ2n) is 5.36. The highest BCUT2D eigenvalue weighted by atomic mass is 15.2. The highest BCUT2D eigenvalue weighted by molar-refractivity contribution is 4.98. The van der Waals surface area contributed by atoms with E-state index in [-0.39, 0.29) is 11.5 Å². The number of hydrogen-bond acceptors (Lipinski definition) is 2. The highest BCUT2D eigenvalue weighted by Crippen LogP contribution is 2.32. The van der Waals surface area contributed by atoms with Crippen LogP contribution in [0.5, 0.6) is 0 Å². The molecule has 1 aliphatic rings. The van der Waals surface area contributed by atoms with Crippen LogP contribution in [-0.4, -0.2) is 23.5 Å². The van der Waals surface area contributed by atoms with Gasteiger partial charge in [-0.25, -0.2) is 0 Å². The van der Waals surface area contributed by atoms with E-state index in [2.05, 4.69) is 38.8 Å². The first kappa shape index (κ1) is 12.5. The molecule has 0 radical (unpaired) electrons. The average Bonchev–Trinajstić information content (AvgIpc) is 2.28. The van der Waals surface area contributed by atoms with Crippen molar-refractivity contribution < 1.29 is 0 Å². The Morgan fingerprint density at radius 3 is 2.47 bits per heavy atom. The van der Waals surface area contributed by atoms with Gasteiger partial charge in [0.25, 0.3) is 0 Å². The van der Waals surface area contributed by atoms with Crippen molar-refractivity contribution in [2.24, 2.45) is 5.92 Å². The van der Waals surface area contributed by atoms with Gasteiger partial charge >= 0.3 is 0 Å². The lowest BCUT2D eigenvalue weighted by atomic mass is 9.82. The largest absolute Gasteiger partial charge is 0.297 e. The van der Waals surface area contributed by atoms with Crippen LogP contribution in [0.25, 0.3) is 0 Å². The Hall–Kier alpha value is -0.550. The van der Waals surface area contributed by atoms with Gasteiger partial charge in [-0.1, -0.05) is 19.8 Å². The van der Waals surface area contributed by atoms with Gasteiger partial charge in [-0.15, -0.1) is 0 Å². The van der Waals surface area contributed by atoms with Crippen LogP contribution in [0, 0.1) is 17.2 Å². The van der Waals surface area contributed by atoms with Crippen LogP contribution in [0.1, 0.15) is 52.9 Å². The quantitative estimate of drug-likeness (QED) is 0.712. The molecule has 1 rings (SSSR count). The Balaban J connectivity index is 2.72. The van der Waals surface area contributed by atoms with Crippen molar-refractivity contribution in [2.45, 2.75) is 64.5 Å². The summed E-state index contributed by atoms with van der Waals surface area (Å²) in [6.45, 7) is 6.77. The van der Waals surface area contributed by atoms with E-state index < -0.39 is 0 Å². The summed E-state index contributed by atoms with van der Waals surface area (Å²) in [5, 5.41) is 9.17. The fourth-order valence-electron chi connectivity index (χ4n) is 2.42. The SMILES string of the molecule is CCC(C)(C)N(C)C1CCCCC1C#N. The zero-order chi connectivity index (χ0) is 11.5. The lowest BCUT2D eigenvalue weighted by molar-refractivity contribution is 0.0558. The van der Waals surface area contributed by atoms with Gasteiger partial charge in [0.05, 0.1) is 12.0 Å². The Morgan fingerprint density at radius 1 is 1.33 bits per heavy atom. The third kappa shape index (κ3) is 2.72. The van der Waals surface area contributed by atoms with Crippen LogP contribution < -0.4 is 0 Å². The molecule has 15 heavy (non-hydrogen) atoms. The summed E-state index contributed by atoms with van der Waals surface area (Å²) in [5.74, 6) is 0.245. The van der Waals surface area contributed by atoms with Crippen LogP contribution in [-0.2, 0) is 0 Å². The van der Waals surface area contributed by atoms with E-state index in [0.29, 0.717) is 6.04 Å². The number of nitriles is 1. The molecule has 0 saturated heterocycles. The van der Waals surface area contributed by atoms with Crippen molar-refractivity contribution in [3.63, 3.8) is 0 Å². The van der Waals surface area contributed by atoms with E-state index >= 15 is 0 Å². The van der Waals surface area contributed by atoms with E-state index in [1.807, 2.05) is 0 Å². The minimum atomic E-state index is 0.219. The molecule has 0 aromatic rings. The molecule has 0 spiro atoms. The number of hydrogen-bond donors (Lipinski definition) is 0. The zero-order valence-electron chi connectivity index (χ0n) is 10.6. The van der Waals surface area contributed by atoms with Crippen molar-refractivity contribution in [1.29, 1.82) is 5.26 Å². The minimum Gasteiger partial charge on any atom is -0.297 e. The molecular formula is C13H24N2. The second kappa shape index (κ2) is 4.99. The van der Waals surface area contributed by atoms with Gasteiger partial charge in [-0.2, -0.15) is 5.26 Å². The van der Waals surface area contributed by atoms with Gasteiger partial charge in [-0.05, 0) is 40.2 Å². The van der Waals surface area contributed by atoms with Crippen molar-refractivity contribution >= 4 is 0 Å². The topological polar surface area (TPSA) is 27.0 Å². The van der Waals surface area contributed by atoms with Gasteiger partial charge in [0.15, 0.2) is 0 Å². The fraction of sp³-hybridized carbons (Fsp3) is 0.923. The van der Waals surface area contributed by atoms with Crippen LogP contribution in [0.3, 0.4) is 0 Å². The standard InChI is InChI=1S/C13H24N2/c1-5-13(2,3)15(4)12-9-7-6-8-11(12)10-14/h11-12H,5-9H2,1-4H3. The maximum atomic E-state index is 9.17. The van der Waals surface area contributed by atoms with Gasteiger partial charge in [-0.3, -0.25) is 4.90 Å². The molecule has 1 aliphatic carbocycles. The fourth-order valence-corrected chi connectivity index (χ4v) is 2.42. The zero-order valence-corrected chi connectivity index (χ0v) is 10.6. The average molecular weight is 208 g/mol. The van der Waals surface area contributed by atoms with Gasteiger partial charge in [0, 0.05) is 11.6 Å². The third-order valence-electron chi connectivity index (χ3n) is 4.21. The van der Waals surface area contributed by atoms with E-state index in [0.717, 1.165) is 12.8 Å². The molecular weight excluding hydrogens is 184 g/mol. The molecule has 0 amide bonds. The molecule has 0 aliphatic heterocycles. The summed E-state index contributed by atoms with van der Waals surface area (Å²) in [6, 6.07) is 2.96. The highest BCUT2D eigenvalue weighted by Gasteiger charge is 2.34. The normalized spacial score (nSPS) is 27.7. The van der Waals surface area contributed by atoms with Crippen LogP contribution in [0.4, 0.5) is 0 Å². The van der Waals surface area contributed by atoms with E-state index in [1.165, 1.54) is 19.3 Å². The lowest BCUT2D eigenvalue weighted by Crippen LogP contribution is -2.50. The molecule has 0 aromatic heterocycles. The maximum absolute atomic E-state index is 9.17. The van der Waals surface area contributed by atoms with Gasteiger partial charge in [0.2, 0.25) is 0 Å². The molecule has 1 fully saturated rings. The molecule has 86 valence electrons. The molecule has 2 atom stereocenters. The summed E-state index contributed by atoms with van der Waals surface area (Å²) < 4.78 is 0. The summed E-state index contributed by atoms with van der Waals surface area (Å²) in [6.07, 6.45) is 5.93. The number of nitrogens with zero attached hydrogens (tertiary/aromatic N) is 2. The summed E-state index contributed by atoms with van der Waals surface area (Å²) in [7, 11) is 2.18. The summed E-state index contributed by atoms with van der Waals surface area (Å²) in [5.41, 5.74) is 0.219. The number of rotatable bonds is 3. The monoisotopic (exact) mass is 208 g/mol. The predicted molar refractivity (Wildman–Crippen MR) is 63.5 cm³/mol. The van der Waals surface area contributed by atoms with Crippen molar-refractivity contribution in [1.82, 2.24) is 4.90 Å².